The van der Waals surface area contributed by atoms with Crippen LogP contribution in [0.4, 0.5) is 5.69 Å². The largest absolute Gasteiger partial charge is 0.353 e. The summed E-state index contributed by atoms with van der Waals surface area (Å²) < 4.78 is 5.23. The number of halogens is 1. The SMILES string of the molecule is CCN1C(=S)N(c2cc(Cl)ccc2C)C(=O)C1OC. The summed E-state index contributed by atoms with van der Waals surface area (Å²) in [4.78, 5) is 15.7. The second-order valence-electron chi connectivity index (χ2n) is 4.26. The first-order chi connectivity index (χ1) is 9.01. The lowest BCUT2D eigenvalue weighted by Crippen LogP contribution is -2.35. The van der Waals surface area contributed by atoms with E-state index < -0.39 is 6.23 Å². The van der Waals surface area contributed by atoms with Gasteiger partial charge >= 0.3 is 0 Å². The summed E-state index contributed by atoms with van der Waals surface area (Å²) in [6.45, 7) is 4.46. The van der Waals surface area contributed by atoms with E-state index in [0.717, 1.165) is 5.56 Å². The number of amides is 1. The van der Waals surface area contributed by atoms with Gasteiger partial charge in [0.15, 0.2) is 5.11 Å². The monoisotopic (exact) mass is 298 g/mol. The van der Waals surface area contributed by atoms with E-state index in [-0.39, 0.29) is 5.91 Å². The molecule has 0 bridgehead atoms. The van der Waals surface area contributed by atoms with Gasteiger partial charge in [0.25, 0.3) is 5.91 Å². The number of ether oxygens (including phenoxy) is 1. The molecule has 1 fully saturated rings. The van der Waals surface area contributed by atoms with Crippen LogP contribution in [0.15, 0.2) is 18.2 Å². The highest BCUT2D eigenvalue weighted by Crippen LogP contribution is 2.30. The highest BCUT2D eigenvalue weighted by atomic mass is 35.5. The molecular weight excluding hydrogens is 284 g/mol. The number of thiocarbonyl (C=S) groups is 1. The van der Waals surface area contributed by atoms with Crippen molar-refractivity contribution in [1.82, 2.24) is 4.90 Å². The van der Waals surface area contributed by atoms with E-state index in [1.807, 2.05) is 19.9 Å². The van der Waals surface area contributed by atoms with Crippen molar-refractivity contribution in [2.45, 2.75) is 20.1 Å². The minimum absolute atomic E-state index is 0.181. The lowest BCUT2D eigenvalue weighted by molar-refractivity contribution is -0.131. The third kappa shape index (κ3) is 2.33. The van der Waals surface area contributed by atoms with E-state index in [0.29, 0.717) is 22.4 Å². The van der Waals surface area contributed by atoms with Crippen LogP contribution in [0.25, 0.3) is 0 Å². The quantitative estimate of drug-likeness (QED) is 0.803. The molecule has 4 nitrogen and oxygen atoms in total. The molecular formula is C13H15ClN2O2S. The Morgan fingerprint density at radius 1 is 1.47 bits per heavy atom. The van der Waals surface area contributed by atoms with Crippen molar-refractivity contribution >= 4 is 40.5 Å². The first kappa shape index (κ1) is 14.2. The molecule has 1 aromatic rings. The van der Waals surface area contributed by atoms with Gasteiger partial charge in [-0.15, -0.1) is 0 Å². The van der Waals surface area contributed by atoms with Crippen molar-refractivity contribution in [1.29, 1.82) is 0 Å². The van der Waals surface area contributed by atoms with Gasteiger partial charge in [0.2, 0.25) is 6.23 Å². The Hall–Kier alpha value is -1.17. The molecule has 1 aromatic carbocycles. The molecule has 0 N–H and O–H groups in total. The van der Waals surface area contributed by atoms with Gasteiger partial charge in [0.1, 0.15) is 0 Å². The van der Waals surface area contributed by atoms with Crippen LogP contribution in [-0.2, 0) is 9.53 Å². The zero-order valence-electron chi connectivity index (χ0n) is 11.0. The molecule has 1 saturated heterocycles. The molecule has 1 aliphatic rings. The molecule has 1 aliphatic heterocycles. The fourth-order valence-electron chi connectivity index (χ4n) is 2.14. The first-order valence-electron chi connectivity index (χ1n) is 5.94. The third-order valence-corrected chi connectivity index (χ3v) is 3.78. The van der Waals surface area contributed by atoms with Crippen molar-refractivity contribution in [2.24, 2.45) is 0 Å². The van der Waals surface area contributed by atoms with Crippen molar-refractivity contribution in [3.8, 4) is 0 Å². The van der Waals surface area contributed by atoms with Crippen LogP contribution in [0.3, 0.4) is 0 Å². The summed E-state index contributed by atoms with van der Waals surface area (Å²) in [6, 6.07) is 5.40. The maximum atomic E-state index is 12.4. The van der Waals surface area contributed by atoms with Crippen LogP contribution in [-0.4, -0.2) is 35.8 Å². The Bertz CT molecular complexity index is 513. The number of hydrogen-bond donors (Lipinski definition) is 0. The van der Waals surface area contributed by atoms with Crippen LogP contribution < -0.4 is 4.90 Å². The molecule has 1 atom stereocenters. The summed E-state index contributed by atoms with van der Waals surface area (Å²) in [5, 5.41) is 1.02. The number of benzene rings is 1. The van der Waals surface area contributed by atoms with E-state index in [1.54, 1.807) is 17.0 Å². The summed E-state index contributed by atoms with van der Waals surface area (Å²) in [7, 11) is 1.50. The van der Waals surface area contributed by atoms with E-state index in [1.165, 1.54) is 12.0 Å². The van der Waals surface area contributed by atoms with Crippen LogP contribution in [0, 0.1) is 6.92 Å². The van der Waals surface area contributed by atoms with Gasteiger partial charge in [-0.2, -0.15) is 0 Å². The van der Waals surface area contributed by atoms with Crippen LogP contribution in [0.5, 0.6) is 0 Å². The Balaban J connectivity index is 2.47. The number of likely N-dealkylation sites (N-methyl/N-ethyl adjacent to an activating group) is 1. The lowest BCUT2D eigenvalue weighted by atomic mass is 10.2. The lowest BCUT2D eigenvalue weighted by Gasteiger charge is -2.21. The minimum atomic E-state index is -0.657. The molecule has 0 saturated carbocycles. The second-order valence-corrected chi connectivity index (χ2v) is 5.06. The molecule has 0 radical (unpaired) electrons. The molecule has 2 rings (SSSR count). The van der Waals surface area contributed by atoms with Crippen molar-refractivity contribution in [3.63, 3.8) is 0 Å². The smallest absolute Gasteiger partial charge is 0.283 e. The molecule has 102 valence electrons. The maximum absolute atomic E-state index is 12.4. The van der Waals surface area contributed by atoms with Gasteiger partial charge in [-0.25, -0.2) is 0 Å². The van der Waals surface area contributed by atoms with Crippen LogP contribution >= 0.6 is 23.8 Å². The van der Waals surface area contributed by atoms with Gasteiger partial charge in [-0.3, -0.25) is 9.69 Å². The molecule has 0 aliphatic carbocycles. The number of aryl methyl sites for hydroxylation is 1. The summed E-state index contributed by atoms with van der Waals surface area (Å²) in [6.07, 6.45) is -0.657. The zero-order valence-corrected chi connectivity index (χ0v) is 12.6. The maximum Gasteiger partial charge on any atom is 0.283 e. The number of nitrogens with zero attached hydrogens (tertiary/aromatic N) is 2. The number of rotatable bonds is 3. The summed E-state index contributed by atoms with van der Waals surface area (Å²) >= 11 is 11.4. The third-order valence-electron chi connectivity index (χ3n) is 3.13. The van der Waals surface area contributed by atoms with Crippen molar-refractivity contribution < 1.29 is 9.53 Å². The Labute approximate surface area is 122 Å². The van der Waals surface area contributed by atoms with Crippen molar-refractivity contribution in [2.75, 3.05) is 18.6 Å². The molecule has 19 heavy (non-hydrogen) atoms. The summed E-state index contributed by atoms with van der Waals surface area (Å²) in [5.74, 6) is -0.181. The normalized spacial score (nSPS) is 19.5. The van der Waals surface area contributed by atoms with Crippen molar-refractivity contribution in [3.05, 3.63) is 28.8 Å². The summed E-state index contributed by atoms with van der Waals surface area (Å²) in [5.41, 5.74) is 1.65. The predicted octanol–water partition coefficient (Wildman–Crippen LogP) is 2.57. The average Bonchev–Trinajstić information content (AvgIpc) is 2.63. The fourth-order valence-corrected chi connectivity index (χ4v) is 2.72. The molecule has 0 spiro atoms. The zero-order chi connectivity index (χ0) is 14.2. The van der Waals surface area contributed by atoms with E-state index in [4.69, 9.17) is 28.6 Å². The van der Waals surface area contributed by atoms with Crippen LogP contribution in [0.2, 0.25) is 5.02 Å². The van der Waals surface area contributed by atoms with E-state index in [9.17, 15) is 4.79 Å². The van der Waals surface area contributed by atoms with Gasteiger partial charge in [-0.05, 0) is 43.8 Å². The van der Waals surface area contributed by atoms with E-state index in [2.05, 4.69) is 0 Å². The minimum Gasteiger partial charge on any atom is -0.353 e. The molecule has 1 unspecified atom stereocenters. The van der Waals surface area contributed by atoms with E-state index >= 15 is 0 Å². The van der Waals surface area contributed by atoms with Gasteiger partial charge in [0, 0.05) is 18.7 Å². The Kier molecular flexibility index (Phi) is 4.08. The first-order valence-corrected chi connectivity index (χ1v) is 6.73. The predicted molar refractivity (Wildman–Crippen MR) is 79.5 cm³/mol. The fraction of sp³-hybridized carbons (Fsp3) is 0.385. The highest BCUT2D eigenvalue weighted by molar-refractivity contribution is 7.80. The van der Waals surface area contributed by atoms with Gasteiger partial charge < -0.3 is 9.64 Å². The Morgan fingerprint density at radius 3 is 2.68 bits per heavy atom. The number of anilines is 1. The Morgan fingerprint density at radius 2 is 2.16 bits per heavy atom. The van der Waals surface area contributed by atoms with Gasteiger partial charge in [-0.1, -0.05) is 17.7 Å². The number of carbonyl (C=O) groups excluding carboxylic acids is 1. The van der Waals surface area contributed by atoms with Gasteiger partial charge in [0.05, 0.1) is 5.69 Å². The standard InChI is InChI=1S/C13H15ClN2O2S/c1-4-15-12(18-3)11(17)16(13(15)19)10-7-9(14)6-5-8(10)2/h5-7,12H,4H2,1-3H3. The number of hydrogen-bond acceptors (Lipinski definition) is 3. The topological polar surface area (TPSA) is 32.8 Å². The second kappa shape index (κ2) is 5.45. The average molecular weight is 299 g/mol. The molecule has 1 heterocycles. The number of carbonyl (C=O) groups is 1. The molecule has 1 amide bonds. The molecule has 0 aromatic heterocycles. The highest BCUT2D eigenvalue weighted by Gasteiger charge is 2.43. The molecule has 6 heteroatoms. The van der Waals surface area contributed by atoms with Crippen LogP contribution in [0.1, 0.15) is 12.5 Å². The number of methoxy groups -OCH3 is 1.